The third kappa shape index (κ3) is 5.60. The molecule has 1 atom stereocenters. The Labute approximate surface area is 176 Å². The molecule has 1 amide bonds. The zero-order valence-corrected chi connectivity index (χ0v) is 17.8. The normalized spacial score (nSPS) is 15.0. The van der Waals surface area contributed by atoms with Gasteiger partial charge < -0.3 is 5.32 Å². The maximum absolute atomic E-state index is 12.4. The minimum Gasteiger partial charge on any atom is -0.325 e. The molecular weight excluding hydrogens is 442 g/mol. The van der Waals surface area contributed by atoms with Crippen LogP contribution >= 0.6 is 35.1 Å². The van der Waals surface area contributed by atoms with Crippen molar-refractivity contribution in [3.05, 3.63) is 41.6 Å². The second-order valence-electron chi connectivity index (χ2n) is 5.62. The van der Waals surface area contributed by atoms with Gasteiger partial charge in [0.25, 0.3) is 10.0 Å². The standard InChI is InChI=1S/C16H16ClN5O3S3/c1-10(27-16-18-8-9-26-16)15(23)19-11-2-4-12(5-3-11)28(24,25)22-14-7-6-13(17)20-21-14/h2-7,10H,8-9H2,1H3,(H,19,23)(H,21,22). The molecule has 0 saturated carbocycles. The van der Waals surface area contributed by atoms with Gasteiger partial charge in [-0.2, -0.15) is 0 Å². The van der Waals surface area contributed by atoms with Crippen LogP contribution in [0.1, 0.15) is 6.92 Å². The highest BCUT2D eigenvalue weighted by Crippen LogP contribution is 2.26. The van der Waals surface area contributed by atoms with Crippen LogP contribution < -0.4 is 10.0 Å². The number of anilines is 2. The fraction of sp³-hybridized carbons (Fsp3) is 0.250. The maximum Gasteiger partial charge on any atom is 0.263 e. The van der Waals surface area contributed by atoms with E-state index in [-0.39, 0.29) is 27.0 Å². The first-order valence-corrected chi connectivity index (χ1v) is 11.8. The average molecular weight is 458 g/mol. The number of carbonyl (C=O) groups excluding carboxylic acids is 1. The summed E-state index contributed by atoms with van der Waals surface area (Å²) in [6.07, 6.45) is 0. The second kappa shape index (κ2) is 9.12. The Kier molecular flexibility index (Phi) is 6.81. The van der Waals surface area contributed by atoms with Gasteiger partial charge in [-0.05, 0) is 43.3 Å². The number of nitrogens with zero attached hydrogens (tertiary/aromatic N) is 3. The highest BCUT2D eigenvalue weighted by Gasteiger charge is 2.20. The summed E-state index contributed by atoms with van der Waals surface area (Å²) in [5.41, 5.74) is 0.503. The zero-order valence-electron chi connectivity index (χ0n) is 14.6. The fourth-order valence-electron chi connectivity index (χ4n) is 2.12. The van der Waals surface area contributed by atoms with Gasteiger partial charge in [-0.25, -0.2) is 8.42 Å². The summed E-state index contributed by atoms with van der Waals surface area (Å²) in [6, 6.07) is 8.69. The molecule has 1 unspecified atom stereocenters. The molecule has 1 aliphatic rings. The van der Waals surface area contributed by atoms with Crippen LogP contribution in [0.25, 0.3) is 0 Å². The highest BCUT2D eigenvalue weighted by molar-refractivity contribution is 8.39. The lowest BCUT2D eigenvalue weighted by molar-refractivity contribution is -0.115. The Bertz CT molecular complexity index is 982. The minimum atomic E-state index is -3.83. The predicted molar refractivity (Wildman–Crippen MR) is 115 cm³/mol. The van der Waals surface area contributed by atoms with Crippen molar-refractivity contribution in [1.29, 1.82) is 0 Å². The minimum absolute atomic E-state index is 0.0291. The van der Waals surface area contributed by atoms with E-state index in [1.807, 2.05) is 0 Å². The first-order chi connectivity index (χ1) is 13.3. The number of thioether (sulfide) groups is 2. The van der Waals surface area contributed by atoms with Gasteiger partial charge in [-0.1, -0.05) is 35.1 Å². The molecule has 1 aromatic heterocycles. The average Bonchev–Trinajstić information content (AvgIpc) is 3.17. The molecule has 0 bridgehead atoms. The molecule has 0 spiro atoms. The van der Waals surface area contributed by atoms with Crippen molar-refractivity contribution in [3.8, 4) is 0 Å². The molecule has 28 heavy (non-hydrogen) atoms. The van der Waals surface area contributed by atoms with E-state index < -0.39 is 10.0 Å². The number of halogens is 1. The number of amides is 1. The molecule has 148 valence electrons. The molecule has 3 rings (SSSR count). The lowest BCUT2D eigenvalue weighted by atomic mass is 10.3. The van der Waals surface area contributed by atoms with Crippen LogP contribution in [-0.2, 0) is 14.8 Å². The van der Waals surface area contributed by atoms with E-state index in [2.05, 4.69) is 25.2 Å². The number of sulfonamides is 1. The number of benzene rings is 1. The maximum atomic E-state index is 12.4. The summed E-state index contributed by atoms with van der Waals surface area (Å²) < 4.78 is 28.0. The number of nitrogens with one attached hydrogen (secondary N) is 2. The molecule has 12 heteroatoms. The van der Waals surface area contributed by atoms with Crippen LogP contribution in [0, 0.1) is 0 Å². The number of carbonyl (C=O) groups is 1. The van der Waals surface area contributed by atoms with Gasteiger partial charge >= 0.3 is 0 Å². The molecule has 0 aliphatic carbocycles. The van der Waals surface area contributed by atoms with E-state index in [1.165, 1.54) is 48.2 Å². The van der Waals surface area contributed by atoms with Crippen molar-refractivity contribution in [2.45, 2.75) is 17.1 Å². The van der Waals surface area contributed by atoms with Gasteiger partial charge in [-0.3, -0.25) is 14.5 Å². The number of hydrogen-bond donors (Lipinski definition) is 2. The van der Waals surface area contributed by atoms with Crippen molar-refractivity contribution < 1.29 is 13.2 Å². The number of hydrogen-bond acceptors (Lipinski definition) is 8. The van der Waals surface area contributed by atoms with E-state index in [4.69, 9.17) is 11.6 Å². The van der Waals surface area contributed by atoms with Crippen LogP contribution in [-0.4, -0.2) is 46.4 Å². The summed E-state index contributed by atoms with van der Waals surface area (Å²) in [4.78, 5) is 16.6. The Balaban J connectivity index is 1.62. The van der Waals surface area contributed by atoms with Gasteiger partial charge in [0.1, 0.15) is 4.38 Å². The van der Waals surface area contributed by atoms with Crippen LogP contribution in [0.2, 0.25) is 5.15 Å². The van der Waals surface area contributed by atoms with Gasteiger partial charge in [-0.15, -0.1) is 10.2 Å². The fourth-order valence-corrected chi connectivity index (χ4v) is 5.35. The summed E-state index contributed by atoms with van der Waals surface area (Å²) in [5.74, 6) is 0.827. The Hall–Kier alpha value is -1.82. The number of aromatic nitrogens is 2. The van der Waals surface area contributed by atoms with E-state index in [1.54, 1.807) is 18.7 Å². The highest BCUT2D eigenvalue weighted by atomic mass is 35.5. The van der Waals surface area contributed by atoms with Gasteiger partial charge in [0.05, 0.1) is 16.7 Å². The number of aliphatic imine (C=N–C) groups is 1. The molecule has 1 aromatic carbocycles. The Morgan fingerprint density at radius 3 is 2.57 bits per heavy atom. The van der Waals surface area contributed by atoms with Crippen molar-refractivity contribution in [1.82, 2.24) is 10.2 Å². The molecule has 2 aromatic rings. The van der Waals surface area contributed by atoms with Crippen LogP contribution in [0.15, 0.2) is 46.3 Å². The summed E-state index contributed by atoms with van der Waals surface area (Å²) in [7, 11) is -3.83. The van der Waals surface area contributed by atoms with Crippen LogP contribution in [0.5, 0.6) is 0 Å². The molecule has 2 heterocycles. The zero-order chi connectivity index (χ0) is 20.1. The SMILES string of the molecule is CC(SC1=NCCS1)C(=O)Nc1ccc(S(=O)(=O)Nc2ccc(Cl)nn2)cc1. The Morgan fingerprint density at radius 1 is 1.21 bits per heavy atom. The summed E-state index contributed by atoms with van der Waals surface area (Å²) in [5, 5.41) is 9.88. The molecule has 1 aliphatic heterocycles. The van der Waals surface area contributed by atoms with Gasteiger partial charge in [0.2, 0.25) is 5.91 Å². The third-order valence-corrected chi connectivity index (χ3v) is 7.38. The van der Waals surface area contributed by atoms with E-state index in [0.717, 1.165) is 16.7 Å². The molecule has 0 fully saturated rings. The van der Waals surface area contributed by atoms with Gasteiger partial charge in [0, 0.05) is 11.4 Å². The van der Waals surface area contributed by atoms with E-state index in [9.17, 15) is 13.2 Å². The largest absolute Gasteiger partial charge is 0.325 e. The quantitative estimate of drug-likeness (QED) is 0.685. The van der Waals surface area contributed by atoms with E-state index >= 15 is 0 Å². The van der Waals surface area contributed by atoms with Crippen LogP contribution in [0.4, 0.5) is 11.5 Å². The molecule has 8 nitrogen and oxygen atoms in total. The molecule has 0 radical (unpaired) electrons. The lowest BCUT2D eigenvalue weighted by Gasteiger charge is -2.12. The van der Waals surface area contributed by atoms with Gasteiger partial charge in [0.15, 0.2) is 11.0 Å². The second-order valence-corrected chi connectivity index (χ2v) is 10.4. The molecular formula is C16H16ClN5O3S3. The van der Waals surface area contributed by atoms with Crippen molar-refractivity contribution >= 4 is 66.9 Å². The summed E-state index contributed by atoms with van der Waals surface area (Å²) in [6.45, 7) is 2.59. The van der Waals surface area contributed by atoms with E-state index in [0.29, 0.717) is 5.69 Å². The predicted octanol–water partition coefficient (Wildman–Crippen LogP) is 3.09. The Morgan fingerprint density at radius 2 is 1.96 bits per heavy atom. The van der Waals surface area contributed by atoms with Crippen molar-refractivity contribution in [2.75, 3.05) is 22.3 Å². The summed E-state index contributed by atoms with van der Waals surface area (Å²) >= 11 is 8.69. The third-order valence-electron chi connectivity index (χ3n) is 3.51. The molecule has 2 N–H and O–H groups in total. The first kappa shape index (κ1) is 20.9. The first-order valence-electron chi connectivity index (χ1n) is 8.10. The van der Waals surface area contributed by atoms with Crippen LogP contribution in [0.3, 0.4) is 0 Å². The smallest absolute Gasteiger partial charge is 0.263 e. The monoisotopic (exact) mass is 457 g/mol. The van der Waals surface area contributed by atoms with Crippen molar-refractivity contribution in [2.24, 2.45) is 4.99 Å². The van der Waals surface area contributed by atoms with Crippen molar-refractivity contribution in [3.63, 3.8) is 0 Å². The topological polar surface area (TPSA) is 113 Å². The number of rotatable bonds is 6. The molecule has 0 saturated heterocycles. The lowest BCUT2D eigenvalue weighted by Crippen LogP contribution is -2.23.